The molecule has 2 aromatic rings. The smallest absolute Gasteiger partial charge is 0.254 e. The summed E-state index contributed by atoms with van der Waals surface area (Å²) in [6.45, 7) is 0.498. The fourth-order valence-electron chi connectivity index (χ4n) is 1.92. The maximum atomic E-state index is 11.7. The Balaban J connectivity index is 1.62. The molecule has 92 valence electrons. The Hall–Kier alpha value is -2.10. The number of pyridine rings is 1. The third-order valence-electron chi connectivity index (χ3n) is 3.10. The molecule has 0 radical (unpaired) electrons. The van der Waals surface area contributed by atoms with Crippen molar-refractivity contribution in [1.29, 1.82) is 0 Å². The molecule has 1 fully saturated rings. The number of aromatic nitrogens is 1. The predicted octanol–water partition coefficient (Wildman–Crippen LogP) is 2.48. The summed E-state index contributed by atoms with van der Waals surface area (Å²) in [6, 6.07) is 3.77. The van der Waals surface area contributed by atoms with Crippen LogP contribution in [0, 0.1) is 0 Å². The van der Waals surface area contributed by atoms with Crippen molar-refractivity contribution in [3.8, 4) is 0 Å². The van der Waals surface area contributed by atoms with E-state index in [4.69, 9.17) is 4.42 Å². The van der Waals surface area contributed by atoms with Crippen LogP contribution in [0.1, 0.15) is 40.2 Å². The number of hydrogen-bond acceptors (Lipinski definition) is 3. The van der Waals surface area contributed by atoms with Gasteiger partial charge >= 0.3 is 0 Å². The first-order chi connectivity index (χ1) is 8.83. The molecular weight excluding hydrogens is 228 g/mol. The van der Waals surface area contributed by atoms with Gasteiger partial charge in [0.2, 0.25) is 0 Å². The number of carbonyl (C=O) groups excluding carboxylic acids is 1. The molecule has 3 rings (SSSR count). The zero-order valence-corrected chi connectivity index (χ0v) is 9.93. The van der Waals surface area contributed by atoms with Crippen LogP contribution in [0.5, 0.6) is 0 Å². The van der Waals surface area contributed by atoms with Crippen LogP contribution < -0.4 is 5.32 Å². The summed E-state index contributed by atoms with van der Waals surface area (Å²) < 4.78 is 4.87. The zero-order valence-electron chi connectivity index (χ0n) is 9.93. The molecule has 1 aliphatic carbocycles. The third kappa shape index (κ3) is 2.42. The van der Waals surface area contributed by atoms with Gasteiger partial charge in [-0.15, -0.1) is 0 Å². The Bertz CT molecular complexity index is 545. The molecule has 18 heavy (non-hydrogen) atoms. The Morgan fingerprint density at radius 3 is 3.06 bits per heavy atom. The average Bonchev–Trinajstić information content (AvgIpc) is 3.11. The summed E-state index contributed by atoms with van der Waals surface area (Å²) >= 11 is 0. The number of carbonyl (C=O) groups is 1. The van der Waals surface area contributed by atoms with Gasteiger partial charge < -0.3 is 9.73 Å². The van der Waals surface area contributed by atoms with E-state index in [1.807, 2.05) is 6.20 Å². The number of amides is 1. The van der Waals surface area contributed by atoms with Crippen molar-refractivity contribution < 1.29 is 9.21 Å². The Labute approximate surface area is 105 Å². The highest BCUT2D eigenvalue weighted by Gasteiger charge is 2.23. The van der Waals surface area contributed by atoms with Gasteiger partial charge in [0.15, 0.2) is 0 Å². The number of furan rings is 1. The van der Waals surface area contributed by atoms with Crippen molar-refractivity contribution in [3.05, 3.63) is 53.7 Å². The van der Waals surface area contributed by atoms with Gasteiger partial charge in [0, 0.05) is 18.9 Å². The van der Waals surface area contributed by atoms with Crippen LogP contribution in [0.3, 0.4) is 0 Å². The largest absolute Gasteiger partial charge is 0.472 e. The first-order valence-corrected chi connectivity index (χ1v) is 6.07. The molecule has 0 saturated heterocycles. The van der Waals surface area contributed by atoms with Gasteiger partial charge in [0.25, 0.3) is 5.91 Å². The molecule has 0 bridgehead atoms. The second-order valence-corrected chi connectivity index (χ2v) is 4.60. The maximum absolute atomic E-state index is 11.7. The Morgan fingerprint density at radius 1 is 1.44 bits per heavy atom. The van der Waals surface area contributed by atoms with Crippen LogP contribution in [-0.4, -0.2) is 10.9 Å². The predicted molar refractivity (Wildman–Crippen MR) is 66.1 cm³/mol. The van der Waals surface area contributed by atoms with Crippen LogP contribution in [-0.2, 0) is 6.54 Å². The minimum atomic E-state index is -0.124. The molecule has 0 spiro atoms. The average molecular weight is 242 g/mol. The Morgan fingerprint density at radius 2 is 2.33 bits per heavy atom. The standard InChI is InChI=1S/C14H14N2O2/c17-14(12-3-4-18-9-12)16-7-10-5-13(8-15-6-10)11-1-2-11/h3-6,8-9,11H,1-2,7H2,(H,16,17). The monoisotopic (exact) mass is 242 g/mol. The van der Waals surface area contributed by atoms with Crippen LogP contribution >= 0.6 is 0 Å². The van der Waals surface area contributed by atoms with E-state index < -0.39 is 0 Å². The molecule has 0 aliphatic heterocycles. The number of nitrogens with one attached hydrogen (secondary N) is 1. The van der Waals surface area contributed by atoms with Gasteiger partial charge in [-0.05, 0) is 36.0 Å². The maximum Gasteiger partial charge on any atom is 0.254 e. The summed E-state index contributed by atoms with van der Waals surface area (Å²) in [5.41, 5.74) is 2.86. The van der Waals surface area contributed by atoms with Crippen LogP contribution in [0.15, 0.2) is 41.5 Å². The highest BCUT2D eigenvalue weighted by molar-refractivity contribution is 5.93. The van der Waals surface area contributed by atoms with Gasteiger partial charge in [-0.3, -0.25) is 9.78 Å². The van der Waals surface area contributed by atoms with Gasteiger partial charge in [-0.1, -0.05) is 6.07 Å². The molecule has 1 N–H and O–H groups in total. The fraction of sp³-hybridized carbons (Fsp3) is 0.286. The third-order valence-corrected chi connectivity index (χ3v) is 3.10. The zero-order chi connectivity index (χ0) is 12.4. The van der Waals surface area contributed by atoms with Gasteiger partial charge in [0.05, 0.1) is 11.8 Å². The second kappa shape index (κ2) is 4.64. The molecular formula is C14H14N2O2. The minimum Gasteiger partial charge on any atom is -0.472 e. The molecule has 1 saturated carbocycles. The molecule has 2 aromatic heterocycles. The SMILES string of the molecule is O=C(NCc1cncc(C2CC2)c1)c1ccoc1. The lowest BCUT2D eigenvalue weighted by molar-refractivity contribution is 0.0950. The first-order valence-electron chi connectivity index (χ1n) is 6.07. The van der Waals surface area contributed by atoms with Crippen molar-refractivity contribution in [3.63, 3.8) is 0 Å². The van der Waals surface area contributed by atoms with E-state index in [1.54, 1.807) is 12.3 Å². The normalized spacial score (nSPS) is 14.4. The number of hydrogen-bond donors (Lipinski definition) is 1. The van der Waals surface area contributed by atoms with Crippen molar-refractivity contribution in [2.75, 3.05) is 0 Å². The van der Waals surface area contributed by atoms with Gasteiger partial charge in [-0.25, -0.2) is 0 Å². The van der Waals surface area contributed by atoms with E-state index in [-0.39, 0.29) is 5.91 Å². The topological polar surface area (TPSA) is 55.1 Å². The lowest BCUT2D eigenvalue weighted by Crippen LogP contribution is -2.22. The second-order valence-electron chi connectivity index (χ2n) is 4.60. The molecule has 1 amide bonds. The van der Waals surface area contributed by atoms with E-state index in [1.165, 1.54) is 30.9 Å². The highest BCUT2D eigenvalue weighted by Crippen LogP contribution is 2.39. The van der Waals surface area contributed by atoms with E-state index in [0.29, 0.717) is 18.0 Å². The summed E-state index contributed by atoms with van der Waals surface area (Å²) in [5, 5.41) is 2.85. The molecule has 1 aliphatic rings. The molecule has 2 heterocycles. The number of nitrogens with zero attached hydrogens (tertiary/aromatic N) is 1. The lowest BCUT2D eigenvalue weighted by atomic mass is 10.1. The van der Waals surface area contributed by atoms with Crippen molar-refractivity contribution in [2.24, 2.45) is 0 Å². The van der Waals surface area contributed by atoms with Crippen molar-refractivity contribution in [1.82, 2.24) is 10.3 Å². The summed E-state index contributed by atoms with van der Waals surface area (Å²) in [6.07, 6.45) is 9.15. The van der Waals surface area contributed by atoms with E-state index >= 15 is 0 Å². The van der Waals surface area contributed by atoms with E-state index in [0.717, 1.165) is 5.56 Å². The van der Waals surface area contributed by atoms with E-state index in [2.05, 4.69) is 16.4 Å². The molecule has 4 nitrogen and oxygen atoms in total. The Kier molecular flexibility index (Phi) is 2.84. The first kappa shape index (κ1) is 11.0. The van der Waals surface area contributed by atoms with Crippen molar-refractivity contribution in [2.45, 2.75) is 25.3 Å². The van der Waals surface area contributed by atoms with Gasteiger partial charge in [0.1, 0.15) is 6.26 Å². The quantitative estimate of drug-likeness (QED) is 0.896. The molecule has 4 heteroatoms. The van der Waals surface area contributed by atoms with Crippen molar-refractivity contribution >= 4 is 5.91 Å². The summed E-state index contributed by atoms with van der Waals surface area (Å²) in [4.78, 5) is 15.9. The molecule has 0 unspecified atom stereocenters. The van der Waals surface area contributed by atoms with Gasteiger partial charge in [-0.2, -0.15) is 0 Å². The van der Waals surface area contributed by atoms with Crippen LogP contribution in [0.25, 0.3) is 0 Å². The van der Waals surface area contributed by atoms with Crippen LogP contribution in [0.4, 0.5) is 0 Å². The van der Waals surface area contributed by atoms with Crippen LogP contribution in [0.2, 0.25) is 0 Å². The molecule has 0 aromatic carbocycles. The van der Waals surface area contributed by atoms with E-state index in [9.17, 15) is 4.79 Å². The number of rotatable bonds is 4. The minimum absolute atomic E-state index is 0.124. The lowest BCUT2D eigenvalue weighted by Gasteiger charge is -2.05. The summed E-state index contributed by atoms with van der Waals surface area (Å²) in [5.74, 6) is 0.558. The molecule has 0 atom stereocenters. The fourth-order valence-corrected chi connectivity index (χ4v) is 1.92. The highest BCUT2D eigenvalue weighted by atomic mass is 16.3. The summed E-state index contributed by atoms with van der Waals surface area (Å²) in [7, 11) is 0.